The van der Waals surface area contributed by atoms with Gasteiger partial charge in [-0.15, -0.1) is 10.2 Å². The van der Waals surface area contributed by atoms with Crippen molar-refractivity contribution >= 4 is 29.1 Å². The molecule has 4 rings (SSSR count). The topological polar surface area (TPSA) is 76.9 Å². The number of benzene rings is 1. The third kappa shape index (κ3) is 3.61. The zero-order valence-electron chi connectivity index (χ0n) is 14.1. The molecule has 2 fully saturated rings. The number of nitrogens with one attached hydrogen (secondary N) is 1. The first kappa shape index (κ1) is 16.3. The van der Waals surface area contributed by atoms with Crippen molar-refractivity contribution < 1.29 is 9.59 Å². The third-order valence-electron chi connectivity index (χ3n) is 4.46. The summed E-state index contributed by atoms with van der Waals surface area (Å²) in [5.41, 5.74) is 1.08. The molecule has 1 aromatic heterocycles. The van der Waals surface area contributed by atoms with Gasteiger partial charge in [0.25, 0.3) is 0 Å². The molecule has 2 aliphatic rings. The van der Waals surface area contributed by atoms with Crippen LogP contribution in [0.5, 0.6) is 0 Å². The lowest BCUT2D eigenvalue weighted by molar-refractivity contribution is -0.113. The highest BCUT2D eigenvalue weighted by atomic mass is 32.2. The Hall–Kier alpha value is -2.15. The summed E-state index contributed by atoms with van der Waals surface area (Å²) in [6, 6.07) is 7.57. The summed E-state index contributed by atoms with van der Waals surface area (Å²) in [7, 11) is 0. The normalized spacial score (nSPS) is 16.7. The Morgan fingerprint density at radius 2 is 1.96 bits per heavy atom. The molecule has 6 nitrogen and oxygen atoms in total. The van der Waals surface area contributed by atoms with Crippen LogP contribution in [0.1, 0.15) is 60.7 Å². The number of hydrogen-bond acceptors (Lipinski definition) is 5. The number of hydrogen-bond donors (Lipinski definition) is 1. The standard InChI is InChI=1S/C18H20N4O2S/c1-11(23)14-4-2-3-5-15(14)19-16(24)10-25-18-21-20-17(12-6-7-12)22(18)13-8-9-13/h2-5,12-13H,6-10H2,1H3,(H,19,24). The summed E-state index contributed by atoms with van der Waals surface area (Å²) in [5.74, 6) is 1.69. The quantitative estimate of drug-likeness (QED) is 0.607. The molecule has 0 atom stereocenters. The van der Waals surface area contributed by atoms with Crippen molar-refractivity contribution in [2.75, 3.05) is 11.1 Å². The van der Waals surface area contributed by atoms with Crippen LogP contribution >= 0.6 is 11.8 Å². The Kier molecular flexibility index (Phi) is 4.33. The average Bonchev–Trinajstić information content (AvgIpc) is 3.52. The predicted octanol–water partition coefficient (Wildman–Crippen LogP) is 3.42. The van der Waals surface area contributed by atoms with Crippen molar-refractivity contribution in [1.82, 2.24) is 14.8 Å². The van der Waals surface area contributed by atoms with Crippen LogP contribution in [0.15, 0.2) is 29.4 Å². The first-order chi connectivity index (χ1) is 12.1. The van der Waals surface area contributed by atoms with Gasteiger partial charge in [0.05, 0.1) is 11.4 Å². The van der Waals surface area contributed by atoms with Crippen LogP contribution < -0.4 is 5.32 Å². The van der Waals surface area contributed by atoms with E-state index in [2.05, 4.69) is 20.1 Å². The summed E-state index contributed by atoms with van der Waals surface area (Å²) >= 11 is 1.42. The minimum Gasteiger partial charge on any atom is -0.325 e. The van der Waals surface area contributed by atoms with Gasteiger partial charge < -0.3 is 9.88 Å². The molecule has 2 aliphatic carbocycles. The number of nitrogens with zero attached hydrogens (tertiary/aromatic N) is 3. The van der Waals surface area contributed by atoms with Crippen molar-refractivity contribution in [2.45, 2.75) is 49.7 Å². The largest absolute Gasteiger partial charge is 0.325 e. The third-order valence-corrected chi connectivity index (χ3v) is 5.40. The van der Waals surface area contributed by atoms with E-state index in [0.717, 1.165) is 11.0 Å². The van der Waals surface area contributed by atoms with Gasteiger partial charge in [-0.2, -0.15) is 0 Å². The van der Waals surface area contributed by atoms with Gasteiger partial charge in [-0.3, -0.25) is 9.59 Å². The number of thioether (sulfide) groups is 1. The molecule has 0 saturated heterocycles. The number of para-hydroxylation sites is 1. The van der Waals surface area contributed by atoms with Crippen LogP contribution in [0, 0.1) is 0 Å². The molecule has 1 aromatic carbocycles. The fourth-order valence-corrected chi connectivity index (χ4v) is 3.71. The van der Waals surface area contributed by atoms with Crippen LogP contribution in [0.3, 0.4) is 0 Å². The van der Waals surface area contributed by atoms with E-state index < -0.39 is 0 Å². The molecule has 1 N–H and O–H groups in total. The molecule has 1 heterocycles. The molecule has 2 saturated carbocycles. The molecule has 130 valence electrons. The van der Waals surface area contributed by atoms with E-state index in [1.165, 1.54) is 44.4 Å². The number of anilines is 1. The minimum absolute atomic E-state index is 0.0638. The van der Waals surface area contributed by atoms with Crippen LogP contribution in [-0.4, -0.2) is 32.2 Å². The Morgan fingerprint density at radius 1 is 1.20 bits per heavy atom. The fourth-order valence-electron chi connectivity index (χ4n) is 2.90. The highest BCUT2D eigenvalue weighted by molar-refractivity contribution is 7.99. The number of Topliss-reactive ketones (excluding diaryl/α,β-unsaturated/α-hetero) is 1. The minimum atomic E-state index is -0.142. The van der Waals surface area contributed by atoms with Crippen molar-refractivity contribution in [3.05, 3.63) is 35.7 Å². The first-order valence-electron chi connectivity index (χ1n) is 8.61. The van der Waals surface area contributed by atoms with E-state index in [9.17, 15) is 9.59 Å². The van der Waals surface area contributed by atoms with Crippen LogP contribution in [-0.2, 0) is 4.79 Å². The Morgan fingerprint density at radius 3 is 2.64 bits per heavy atom. The van der Waals surface area contributed by atoms with Gasteiger partial charge in [0.15, 0.2) is 10.9 Å². The second-order valence-corrected chi connectivity index (χ2v) is 7.60. The van der Waals surface area contributed by atoms with Gasteiger partial charge >= 0.3 is 0 Å². The zero-order valence-corrected chi connectivity index (χ0v) is 14.9. The second kappa shape index (κ2) is 6.63. The SMILES string of the molecule is CC(=O)c1ccccc1NC(=O)CSc1nnc(C2CC2)n1C1CC1. The summed E-state index contributed by atoms with van der Waals surface area (Å²) in [5, 5.41) is 12.3. The molecular formula is C18H20N4O2S. The lowest BCUT2D eigenvalue weighted by Gasteiger charge is -2.10. The highest BCUT2D eigenvalue weighted by Gasteiger charge is 2.36. The average molecular weight is 356 g/mol. The van der Waals surface area contributed by atoms with Crippen LogP contribution in [0.2, 0.25) is 0 Å². The molecule has 1 amide bonds. The van der Waals surface area contributed by atoms with E-state index in [-0.39, 0.29) is 17.4 Å². The summed E-state index contributed by atoms with van der Waals surface area (Å²) in [6.07, 6.45) is 4.72. The van der Waals surface area contributed by atoms with Crippen molar-refractivity contribution in [2.24, 2.45) is 0 Å². The van der Waals surface area contributed by atoms with E-state index in [1.807, 2.05) is 0 Å². The molecule has 0 spiro atoms. The fraction of sp³-hybridized carbons (Fsp3) is 0.444. The molecule has 2 aromatic rings. The first-order valence-corrected chi connectivity index (χ1v) is 9.59. The number of amides is 1. The van der Waals surface area contributed by atoms with Gasteiger partial charge in [0.2, 0.25) is 5.91 Å². The maximum Gasteiger partial charge on any atom is 0.234 e. The van der Waals surface area contributed by atoms with Crippen molar-refractivity contribution in [3.8, 4) is 0 Å². The van der Waals surface area contributed by atoms with Gasteiger partial charge in [-0.1, -0.05) is 23.9 Å². The Bertz CT molecular complexity index is 824. The Balaban J connectivity index is 1.42. The number of ketones is 1. The van der Waals surface area contributed by atoms with E-state index in [1.54, 1.807) is 24.3 Å². The number of carbonyl (C=O) groups is 2. The second-order valence-electron chi connectivity index (χ2n) is 6.65. The Labute approximate surface area is 150 Å². The van der Waals surface area contributed by atoms with Gasteiger partial charge in [0, 0.05) is 17.5 Å². The summed E-state index contributed by atoms with van der Waals surface area (Å²) < 4.78 is 2.24. The van der Waals surface area contributed by atoms with E-state index in [4.69, 9.17) is 0 Å². The van der Waals surface area contributed by atoms with Gasteiger partial charge in [-0.25, -0.2) is 0 Å². The maximum absolute atomic E-state index is 12.3. The predicted molar refractivity (Wildman–Crippen MR) is 96.1 cm³/mol. The smallest absolute Gasteiger partial charge is 0.234 e. The number of rotatable bonds is 7. The molecular weight excluding hydrogens is 336 g/mol. The molecule has 7 heteroatoms. The molecule has 0 aliphatic heterocycles. The van der Waals surface area contributed by atoms with E-state index in [0.29, 0.717) is 23.2 Å². The zero-order chi connectivity index (χ0) is 17.4. The van der Waals surface area contributed by atoms with Crippen LogP contribution in [0.4, 0.5) is 5.69 Å². The molecule has 25 heavy (non-hydrogen) atoms. The van der Waals surface area contributed by atoms with Crippen LogP contribution in [0.25, 0.3) is 0 Å². The van der Waals surface area contributed by atoms with E-state index >= 15 is 0 Å². The summed E-state index contributed by atoms with van der Waals surface area (Å²) in [4.78, 5) is 24.0. The molecule has 0 bridgehead atoms. The van der Waals surface area contributed by atoms with Crippen molar-refractivity contribution in [1.29, 1.82) is 0 Å². The molecule has 0 unspecified atom stereocenters. The monoisotopic (exact) mass is 356 g/mol. The highest BCUT2D eigenvalue weighted by Crippen LogP contribution is 2.45. The maximum atomic E-state index is 12.3. The lowest BCUT2D eigenvalue weighted by Crippen LogP contribution is -2.16. The van der Waals surface area contributed by atoms with Crippen molar-refractivity contribution in [3.63, 3.8) is 0 Å². The van der Waals surface area contributed by atoms with Gasteiger partial charge in [-0.05, 0) is 44.7 Å². The lowest BCUT2D eigenvalue weighted by atomic mass is 10.1. The summed E-state index contributed by atoms with van der Waals surface area (Å²) in [6.45, 7) is 1.50. The number of aromatic nitrogens is 3. The number of carbonyl (C=O) groups excluding carboxylic acids is 2. The molecule has 0 radical (unpaired) electrons. The van der Waals surface area contributed by atoms with Gasteiger partial charge in [0.1, 0.15) is 5.82 Å².